The third kappa shape index (κ3) is 2.76. The van der Waals surface area contributed by atoms with Crippen molar-refractivity contribution >= 4 is 5.97 Å². The van der Waals surface area contributed by atoms with Gasteiger partial charge in [-0.3, -0.25) is 4.79 Å². The van der Waals surface area contributed by atoms with E-state index in [4.69, 9.17) is 0 Å². The molecule has 1 saturated carbocycles. The molecule has 94 valence electrons. The molecule has 2 N–H and O–H groups in total. The van der Waals surface area contributed by atoms with Gasteiger partial charge in [0, 0.05) is 12.6 Å². The predicted molar refractivity (Wildman–Crippen MR) is 65.5 cm³/mol. The summed E-state index contributed by atoms with van der Waals surface area (Å²) >= 11 is 0. The quantitative estimate of drug-likeness (QED) is 0.733. The number of carboxylic acids is 1. The molecule has 1 aliphatic rings. The Hall–Kier alpha value is -0.570. The first-order valence-corrected chi connectivity index (χ1v) is 6.52. The molecular formula is C13H25NO2. The number of hydrogen-bond acceptors (Lipinski definition) is 2. The van der Waals surface area contributed by atoms with Gasteiger partial charge in [-0.2, -0.15) is 0 Å². The maximum atomic E-state index is 11.3. The zero-order valence-electron chi connectivity index (χ0n) is 10.8. The molecule has 0 amide bonds. The van der Waals surface area contributed by atoms with Crippen LogP contribution >= 0.6 is 0 Å². The van der Waals surface area contributed by atoms with Gasteiger partial charge in [0.25, 0.3) is 0 Å². The van der Waals surface area contributed by atoms with E-state index in [1.165, 1.54) is 19.3 Å². The van der Waals surface area contributed by atoms with Crippen LogP contribution < -0.4 is 5.32 Å². The summed E-state index contributed by atoms with van der Waals surface area (Å²) in [5.41, 5.74) is -0.567. The third-order valence-corrected chi connectivity index (χ3v) is 4.37. The van der Waals surface area contributed by atoms with Crippen molar-refractivity contribution in [3.63, 3.8) is 0 Å². The summed E-state index contributed by atoms with van der Waals surface area (Å²) in [6.07, 6.45) is 5.15. The number of carboxylic acid groups (broad SMARTS) is 1. The molecule has 0 aromatic carbocycles. The van der Waals surface area contributed by atoms with Crippen molar-refractivity contribution in [2.75, 3.05) is 6.54 Å². The second kappa shape index (κ2) is 5.67. The predicted octanol–water partition coefficient (Wildman–Crippen LogP) is 2.66. The van der Waals surface area contributed by atoms with E-state index in [2.05, 4.69) is 12.2 Å². The topological polar surface area (TPSA) is 49.3 Å². The monoisotopic (exact) mass is 227 g/mol. The van der Waals surface area contributed by atoms with E-state index in [9.17, 15) is 9.90 Å². The summed E-state index contributed by atoms with van der Waals surface area (Å²) < 4.78 is 0. The van der Waals surface area contributed by atoms with Crippen molar-refractivity contribution in [2.24, 2.45) is 11.3 Å². The van der Waals surface area contributed by atoms with E-state index < -0.39 is 11.4 Å². The lowest BCUT2D eigenvalue weighted by molar-refractivity contribution is -0.149. The van der Waals surface area contributed by atoms with E-state index in [-0.39, 0.29) is 0 Å². The average molecular weight is 227 g/mol. The second-order valence-corrected chi connectivity index (χ2v) is 5.19. The van der Waals surface area contributed by atoms with Gasteiger partial charge in [0.2, 0.25) is 0 Å². The van der Waals surface area contributed by atoms with Gasteiger partial charge in [-0.1, -0.05) is 27.2 Å². The highest BCUT2D eigenvalue weighted by Gasteiger charge is 2.36. The van der Waals surface area contributed by atoms with Gasteiger partial charge in [0.05, 0.1) is 5.41 Å². The van der Waals surface area contributed by atoms with E-state index in [1.807, 2.05) is 13.8 Å². The molecule has 0 saturated heterocycles. The largest absolute Gasteiger partial charge is 0.481 e. The highest BCUT2D eigenvalue weighted by molar-refractivity contribution is 5.74. The summed E-state index contributed by atoms with van der Waals surface area (Å²) in [5.74, 6) is 0.0378. The fourth-order valence-electron chi connectivity index (χ4n) is 2.65. The Bertz CT molecular complexity index is 236. The van der Waals surface area contributed by atoms with Gasteiger partial charge in [0.15, 0.2) is 0 Å². The molecule has 0 radical (unpaired) electrons. The van der Waals surface area contributed by atoms with Gasteiger partial charge in [0.1, 0.15) is 0 Å². The maximum Gasteiger partial charge on any atom is 0.310 e. The number of hydrogen-bond donors (Lipinski definition) is 2. The van der Waals surface area contributed by atoms with Crippen LogP contribution in [-0.4, -0.2) is 23.7 Å². The molecule has 3 nitrogen and oxygen atoms in total. The van der Waals surface area contributed by atoms with E-state index in [0.717, 1.165) is 0 Å². The van der Waals surface area contributed by atoms with Crippen LogP contribution in [0.1, 0.15) is 52.9 Å². The fraction of sp³-hybridized carbons (Fsp3) is 0.923. The molecule has 0 spiro atoms. The molecule has 0 aliphatic heterocycles. The van der Waals surface area contributed by atoms with Crippen molar-refractivity contribution in [1.82, 2.24) is 5.32 Å². The molecule has 2 atom stereocenters. The Morgan fingerprint density at radius 3 is 2.38 bits per heavy atom. The first-order valence-electron chi connectivity index (χ1n) is 6.52. The standard InChI is InChI=1S/C13H25NO2/c1-4-13(5-2,12(15)16)9-14-11-8-6-7-10(11)3/h10-11,14H,4-9H2,1-3H3,(H,15,16). The molecule has 1 rings (SSSR count). The van der Waals surface area contributed by atoms with Crippen molar-refractivity contribution in [2.45, 2.75) is 58.9 Å². The molecule has 0 heterocycles. The summed E-state index contributed by atoms with van der Waals surface area (Å²) in [6, 6.07) is 0.525. The highest BCUT2D eigenvalue weighted by atomic mass is 16.4. The molecule has 1 fully saturated rings. The van der Waals surface area contributed by atoms with Crippen LogP contribution in [-0.2, 0) is 4.79 Å². The number of aliphatic carboxylic acids is 1. The van der Waals surface area contributed by atoms with Gasteiger partial charge >= 0.3 is 5.97 Å². The van der Waals surface area contributed by atoms with Crippen LogP contribution in [0.3, 0.4) is 0 Å². The number of nitrogens with one attached hydrogen (secondary N) is 1. The number of rotatable bonds is 6. The highest BCUT2D eigenvalue weighted by Crippen LogP contribution is 2.29. The normalized spacial score (nSPS) is 25.9. The van der Waals surface area contributed by atoms with E-state index in [1.54, 1.807) is 0 Å². The van der Waals surface area contributed by atoms with Crippen LogP contribution in [0.2, 0.25) is 0 Å². The summed E-state index contributed by atoms with van der Waals surface area (Å²) in [4.78, 5) is 11.3. The van der Waals surface area contributed by atoms with Crippen molar-refractivity contribution < 1.29 is 9.90 Å². The average Bonchev–Trinajstić information content (AvgIpc) is 2.66. The lowest BCUT2D eigenvalue weighted by Crippen LogP contribution is -2.44. The SMILES string of the molecule is CCC(CC)(CNC1CCCC1C)C(=O)O. The van der Waals surface area contributed by atoms with Gasteiger partial charge < -0.3 is 10.4 Å². The minimum atomic E-state index is -0.657. The Balaban J connectivity index is 2.52. The zero-order chi connectivity index (χ0) is 12.2. The maximum absolute atomic E-state index is 11.3. The van der Waals surface area contributed by atoms with Crippen LogP contribution in [0, 0.1) is 11.3 Å². The Morgan fingerprint density at radius 1 is 1.38 bits per heavy atom. The molecule has 16 heavy (non-hydrogen) atoms. The second-order valence-electron chi connectivity index (χ2n) is 5.19. The Kier molecular flexibility index (Phi) is 4.78. The van der Waals surface area contributed by atoms with Crippen LogP contribution in [0.15, 0.2) is 0 Å². The molecule has 0 aromatic heterocycles. The van der Waals surface area contributed by atoms with Crippen LogP contribution in [0.4, 0.5) is 0 Å². The van der Waals surface area contributed by atoms with E-state index in [0.29, 0.717) is 31.3 Å². The van der Waals surface area contributed by atoms with Crippen molar-refractivity contribution in [3.8, 4) is 0 Å². The van der Waals surface area contributed by atoms with Crippen LogP contribution in [0.25, 0.3) is 0 Å². The molecular weight excluding hydrogens is 202 g/mol. The fourth-order valence-corrected chi connectivity index (χ4v) is 2.65. The van der Waals surface area contributed by atoms with Crippen molar-refractivity contribution in [1.29, 1.82) is 0 Å². The summed E-state index contributed by atoms with van der Waals surface area (Å²) in [5, 5.41) is 12.8. The smallest absolute Gasteiger partial charge is 0.310 e. The number of carbonyl (C=O) groups is 1. The van der Waals surface area contributed by atoms with E-state index >= 15 is 0 Å². The van der Waals surface area contributed by atoms with Gasteiger partial charge in [-0.25, -0.2) is 0 Å². The van der Waals surface area contributed by atoms with Crippen molar-refractivity contribution in [3.05, 3.63) is 0 Å². The molecule has 2 unspecified atom stereocenters. The lowest BCUT2D eigenvalue weighted by atomic mass is 9.82. The minimum absolute atomic E-state index is 0.525. The lowest BCUT2D eigenvalue weighted by Gasteiger charge is -2.29. The first-order chi connectivity index (χ1) is 7.55. The summed E-state index contributed by atoms with van der Waals surface area (Å²) in [6.45, 7) is 6.81. The van der Waals surface area contributed by atoms with Crippen LogP contribution in [0.5, 0.6) is 0 Å². The van der Waals surface area contributed by atoms with Gasteiger partial charge in [-0.05, 0) is 31.6 Å². The molecule has 1 aliphatic carbocycles. The zero-order valence-corrected chi connectivity index (χ0v) is 10.8. The Labute approximate surface area is 98.6 Å². The summed E-state index contributed by atoms with van der Waals surface area (Å²) in [7, 11) is 0. The molecule has 0 aromatic rings. The molecule has 3 heteroatoms. The Morgan fingerprint density at radius 2 is 2.00 bits per heavy atom. The molecule has 0 bridgehead atoms. The van der Waals surface area contributed by atoms with Gasteiger partial charge in [-0.15, -0.1) is 0 Å². The minimum Gasteiger partial charge on any atom is -0.481 e. The first kappa shape index (κ1) is 13.5. The third-order valence-electron chi connectivity index (χ3n) is 4.37.